The van der Waals surface area contributed by atoms with Crippen LogP contribution in [0, 0.1) is 0 Å². The smallest absolute Gasteiger partial charge is 0.231 e. The molecule has 106 valence electrons. The minimum absolute atomic E-state index is 0.333. The monoisotopic (exact) mass is 264 g/mol. The van der Waals surface area contributed by atoms with E-state index in [-0.39, 0.29) is 0 Å². The van der Waals surface area contributed by atoms with E-state index in [0.717, 1.165) is 37.7 Å². The van der Waals surface area contributed by atoms with Gasteiger partial charge in [-0.1, -0.05) is 26.8 Å². The zero-order valence-corrected chi connectivity index (χ0v) is 12.1. The summed E-state index contributed by atoms with van der Waals surface area (Å²) < 4.78 is 10.8. The van der Waals surface area contributed by atoms with Crippen molar-refractivity contribution in [2.75, 3.05) is 33.0 Å². The molecule has 0 fully saturated rings. The predicted octanol–water partition coefficient (Wildman–Crippen LogP) is 2.41. The molecule has 1 aliphatic rings. The molecule has 0 radical (unpaired) electrons. The Morgan fingerprint density at radius 1 is 1.16 bits per heavy atom. The van der Waals surface area contributed by atoms with Crippen LogP contribution in [-0.2, 0) is 0 Å². The molecule has 0 saturated heterocycles. The third-order valence-electron chi connectivity index (χ3n) is 3.58. The van der Waals surface area contributed by atoms with Crippen molar-refractivity contribution in [1.82, 2.24) is 10.2 Å². The molecule has 0 bridgehead atoms. The molecule has 0 saturated carbocycles. The first-order valence-corrected chi connectivity index (χ1v) is 7.13. The highest BCUT2D eigenvalue weighted by molar-refractivity contribution is 5.45. The molecule has 1 atom stereocenters. The van der Waals surface area contributed by atoms with Gasteiger partial charge in [0.05, 0.1) is 0 Å². The highest BCUT2D eigenvalue weighted by Gasteiger charge is 2.18. The van der Waals surface area contributed by atoms with E-state index in [2.05, 4.69) is 43.1 Å². The zero-order valence-electron chi connectivity index (χ0n) is 12.1. The summed E-state index contributed by atoms with van der Waals surface area (Å²) in [6.45, 7) is 11.0. The van der Waals surface area contributed by atoms with Gasteiger partial charge >= 0.3 is 0 Å². The van der Waals surface area contributed by atoms with Gasteiger partial charge in [0, 0.05) is 12.6 Å². The van der Waals surface area contributed by atoms with Crippen LogP contribution in [0.5, 0.6) is 11.5 Å². The van der Waals surface area contributed by atoms with Crippen molar-refractivity contribution in [2.45, 2.75) is 26.8 Å². The molecule has 1 aromatic carbocycles. The second-order valence-corrected chi connectivity index (χ2v) is 4.71. The Kier molecular flexibility index (Phi) is 5.05. The molecular formula is C15H24N2O2. The van der Waals surface area contributed by atoms with Crippen molar-refractivity contribution < 1.29 is 9.47 Å². The van der Waals surface area contributed by atoms with Crippen molar-refractivity contribution in [3.63, 3.8) is 0 Å². The normalized spacial score (nSPS) is 14.9. The SMILES string of the molecule is CCNC(CN(CC)CC)c1ccc2c(c1)OCO2. The predicted molar refractivity (Wildman–Crippen MR) is 76.8 cm³/mol. The number of benzene rings is 1. The number of ether oxygens (including phenoxy) is 2. The maximum absolute atomic E-state index is 5.46. The Bertz CT molecular complexity index is 405. The van der Waals surface area contributed by atoms with Crippen LogP contribution in [0.3, 0.4) is 0 Å². The van der Waals surface area contributed by atoms with Crippen LogP contribution in [-0.4, -0.2) is 37.9 Å². The van der Waals surface area contributed by atoms with Crippen LogP contribution >= 0.6 is 0 Å². The Morgan fingerprint density at radius 3 is 2.58 bits per heavy atom. The Balaban J connectivity index is 2.13. The minimum Gasteiger partial charge on any atom is -0.454 e. The fourth-order valence-electron chi connectivity index (χ4n) is 2.40. The molecule has 19 heavy (non-hydrogen) atoms. The van der Waals surface area contributed by atoms with Gasteiger partial charge < -0.3 is 19.7 Å². The summed E-state index contributed by atoms with van der Waals surface area (Å²) in [7, 11) is 0. The molecular weight excluding hydrogens is 240 g/mol. The van der Waals surface area contributed by atoms with Crippen LogP contribution in [0.25, 0.3) is 0 Å². The molecule has 0 spiro atoms. The Hall–Kier alpha value is -1.26. The molecule has 1 aromatic rings. The molecule has 2 rings (SSSR count). The lowest BCUT2D eigenvalue weighted by Crippen LogP contribution is -2.35. The first kappa shape index (κ1) is 14.2. The third kappa shape index (κ3) is 3.39. The number of hydrogen-bond donors (Lipinski definition) is 1. The van der Waals surface area contributed by atoms with Crippen molar-refractivity contribution >= 4 is 0 Å². The topological polar surface area (TPSA) is 33.7 Å². The maximum Gasteiger partial charge on any atom is 0.231 e. The summed E-state index contributed by atoms with van der Waals surface area (Å²) in [6, 6.07) is 6.56. The number of hydrogen-bond acceptors (Lipinski definition) is 4. The Morgan fingerprint density at radius 2 is 1.89 bits per heavy atom. The number of nitrogens with zero attached hydrogens (tertiary/aromatic N) is 1. The van der Waals surface area contributed by atoms with Gasteiger partial charge in [-0.25, -0.2) is 0 Å². The molecule has 4 nitrogen and oxygen atoms in total. The lowest BCUT2D eigenvalue weighted by atomic mass is 10.1. The summed E-state index contributed by atoms with van der Waals surface area (Å²) in [6.07, 6.45) is 0. The van der Waals surface area contributed by atoms with Crippen LogP contribution in [0.1, 0.15) is 32.4 Å². The van der Waals surface area contributed by atoms with Crippen LogP contribution < -0.4 is 14.8 Å². The van der Waals surface area contributed by atoms with E-state index in [9.17, 15) is 0 Å². The highest BCUT2D eigenvalue weighted by Crippen LogP contribution is 2.34. The van der Waals surface area contributed by atoms with E-state index in [1.165, 1.54) is 5.56 Å². The zero-order chi connectivity index (χ0) is 13.7. The number of fused-ring (bicyclic) bond motifs is 1. The van der Waals surface area contributed by atoms with Gasteiger partial charge in [0.1, 0.15) is 0 Å². The first-order valence-electron chi connectivity index (χ1n) is 7.13. The molecule has 0 amide bonds. The molecule has 0 aromatic heterocycles. The quantitative estimate of drug-likeness (QED) is 0.820. The van der Waals surface area contributed by atoms with Gasteiger partial charge in [-0.3, -0.25) is 0 Å². The Labute approximate surface area is 115 Å². The van der Waals surface area contributed by atoms with Gasteiger partial charge in [-0.15, -0.1) is 0 Å². The maximum atomic E-state index is 5.46. The number of likely N-dealkylation sites (N-methyl/N-ethyl adjacent to an activating group) is 2. The van der Waals surface area contributed by atoms with E-state index in [0.29, 0.717) is 12.8 Å². The summed E-state index contributed by atoms with van der Waals surface area (Å²) in [5.41, 5.74) is 1.26. The number of nitrogens with one attached hydrogen (secondary N) is 1. The van der Waals surface area contributed by atoms with E-state index in [1.54, 1.807) is 0 Å². The van der Waals surface area contributed by atoms with Crippen molar-refractivity contribution in [3.05, 3.63) is 23.8 Å². The van der Waals surface area contributed by atoms with Crippen molar-refractivity contribution in [2.24, 2.45) is 0 Å². The van der Waals surface area contributed by atoms with Crippen molar-refractivity contribution in [1.29, 1.82) is 0 Å². The third-order valence-corrected chi connectivity index (χ3v) is 3.58. The molecule has 4 heteroatoms. The average molecular weight is 264 g/mol. The van der Waals surface area contributed by atoms with Gasteiger partial charge in [0.2, 0.25) is 6.79 Å². The highest BCUT2D eigenvalue weighted by atomic mass is 16.7. The minimum atomic E-state index is 0.333. The van der Waals surface area contributed by atoms with Crippen LogP contribution in [0.15, 0.2) is 18.2 Å². The van der Waals surface area contributed by atoms with Crippen LogP contribution in [0.2, 0.25) is 0 Å². The summed E-state index contributed by atoms with van der Waals surface area (Å²) in [5, 5.41) is 3.55. The fraction of sp³-hybridized carbons (Fsp3) is 0.600. The second-order valence-electron chi connectivity index (χ2n) is 4.71. The van der Waals surface area contributed by atoms with Gasteiger partial charge in [0.15, 0.2) is 11.5 Å². The van der Waals surface area contributed by atoms with E-state index < -0.39 is 0 Å². The summed E-state index contributed by atoms with van der Waals surface area (Å²) in [4.78, 5) is 2.43. The van der Waals surface area contributed by atoms with Gasteiger partial charge in [-0.2, -0.15) is 0 Å². The van der Waals surface area contributed by atoms with E-state index >= 15 is 0 Å². The van der Waals surface area contributed by atoms with Gasteiger partial charge in [0.25, 0.3) is 0 Å². The van der Waals surface area contributed by atoms with E-state index in [1.807, 2.05) is 6.07 Å². The van der Waals surface area contributed by atoms with Crippen molar-refractivity contribution in [3.8, 4) is 11.5 Å². The summed E-state index contributed by atoms with van der Waals surface area (Å²) >= 11 is 0. The lowest BCUT2D eigenvalue weighted by molar-refractivity contribution is 0.174. The molecule has 1 aliphatic heterocycles. The standard InChI is InChI=1S/C15H24N2O2/c1-4-16-13(10-17(5-2)6-3)12-7-8-14-15(9-12)19-11-18-14/h7-9,13,16H,4-6,10-11H2,1-3H3. The molecule has 1 N–H and O–H groups in total. The summed E-state index contributed by atoms with van der Waals surface area (Å²) in [5.74, 6) is 1.71. The number of rotatable bonds is 7. The lowest BCUT2D eigenvalue weighted by Gasteiger charge is -2.26. The first-order chi connectivity index (χ1) is 9.28. The average Bonchev–Trinajstić information content (AvgIpc) is 2.90. The van der Waals surface area contributed by atoms with Gasteiger partial charge in [-0.05, 0) is 37.3 Å². The molecule has 1 unspecified atom stereocenters. The van der Waals surface area contributed by atoms with E-state index in [4.69, 9.17) is 9.47 Å². The second kappa shape index (κ2) is 6.78. The largest absolute Gasteiger partial charge is 0.454 e. The molecule has 1 heterocycles. The molecule has 0 aliphatic carbocycles. The van der Waals surface area contributed by atoms with Crippen LogP contribution in [0.4, 0.5) is 0 Å². The fourth-order valence-corrected chi connectivity index (χ4v) is 2.40.